The predicted octanol–water partition coefficient (Wildman–Crippen LogP) is 3.15. The molecule has 3 unspecified atom stereocenters. The van der Waals surface area contributed by atoms with Gasteiger partial charge >= 0.3 is 5.97 Å². The minimum absolute atomic E-state index is 0.0514. The van der Waals surface area contributed by atoms with Crippen LogP contribution in [0.15, 0.2) is 24.3 Å². The fourth-order valence-electron chi connectivity index (χ4n) is 3.45. The van der Waals surface area contributed by atoms with E-state index in [-0.39, 0.29) is 17.7 Å². The maximum atomic E-state index is 12.7. The summed E-state index contributed by atoms with van der Waals surface area (Å²) < 4.78 is 5.17. The van der Waals surface area contributed by atoms with Gasteiger partial charge in [-0.15, -0.1) is 0 Å². The Morgan fingerprint density at radius 1 is 1.29 bits per heavy atom. The Hall–Kier alpha value is -2.04. The van der Waals surface area contributed by atoms with Crippen molar-refractivity contribution < 1.29 is 19.4 Å². The van der Waals surface area contributed by atoms with E-state index in [9.17, 15) is 14.7 Å². The van der Waals surface area contributed by atoms with Crippen LogP contribution in [0.2, 0.25) is 0 Å². The largest absolute Gasteiger partial charge is 0.497 e. The highest BCUT2D eigenvalue weighted by Gasteiger charge is 2.32. The van der Waals surface area contributed by atoms with Crippen molar-refractivity contribution in [1.29, 1.82) is 0 Å². The number of carbonyl (C=O) groups is 2. The van der Waals surface area contributed by atoms with E-state index in [0.717, 1.165) is 17.7 Å². The number of hydrogen-bond acceptors (Lipinski definition) is 3. The zero-order valence-electron chi connectivity index (χ0n) is 14.7. The molecule has 0 radical (unpaired) electrons. The van der Waals surface area contributed by atoms with Crippen LogP contribution in [0.5, 0.6) is 5.75 Å². The molecule has 1 aromatic carbocycles. The molecular formula is C19H27NO4. The van der Waals surface area contributed by atoms with Crippen LogP contribution in [0.4, 0.5) is 0 Å². The molecule has 5 nitrogen and oxygen atoms in total. The minimum atomic E-state index is -0.804. The van der Waals surface area contributed by atoms with Crippen molar-refractivity contribution in [2.75, 3.05) is 20.2 Å². The van der Waals surface area contributed by atoms with E-state index in [1.807, 2.05) is 31.2 Å². The summed E-state index contributed by atoms with van der Waals surface area (Å²) in [5.74, 6) is -0.0290. The average molecular weight is 333 g/mol. The van der Waals surface area contributed by atoms with E-state index in [0.29, 0.717) is 25.9 Å². The van der Waals surface area contributed by atoms with E-state index in [4.69, 9.17) is 4.74 Å². The van der Waals surface area contributed by atoms with E-state index >= 15 is 0 Å². The fourth-order valence-corrected chi connectivity index (χ4v) is 3.45. The van der Waals surface area contributed by atoms with Gasteiger partial charge in [0.1, 0.15) is 5.75 Å². The number of aliphatic carboxylic acids is 1. The first-order chi connectivity index (χ1) is 11.4. The number of hydrogen-bond donors (Lipinski definition) is 1. The van der Waals surface area contributed by atoms with E-state index in [1.54, 1.807) is 12.0 Å². The first kappa shape index (κ1) is 18.3. The molecule has 1 saturated heterocycles. The summed E-state index contributed by atoms with van der Waals surface area (Å²) in [4.78, 5) is 25.7. The maximum absolute atomic E-state index is 12.7. The number of carboxylic acid groups (broad SMARTS) is 1. The Labute approximate surface area is 143 Å². The van der Waals surface area contributed by atoms with Crippen molar-refractivity contribution in [2.45, 2.75) is 39.0 Å². The van der Waals surface area contributed by atoms with Crippen molar-refractivity contribution in [1.82, 2.24) is 4.90 Å². The van der Waals surface area contributed by atoms with Crippen LogP contribution in [0.25, 0.3) is 0 Å². The summed E-state index contributed by atoms with van der Waals surface area (Å²) in [6.07, 6.45) is 1.93. The second-order valence-corrected chi connectivity index (χ2v) is 6.76. The molecule has 2 rings (SSSR count). The Bertz CT molecular complexity index is 569. The number of benzene rings is 1. The van der Waals surface area contributed by atoms with Crippen LogP contribution in [0, 0.1) is 11.8 Å². The van der Waals surface area contributed by atoms with E-state index < -0.39 is 11.9 Å². The lowest BCUT2D eigenvalue weighted by Gasteiger charge is -2.35. The third-order valence-corrected chi connectivity index (χ3v) is 4.86. The van der Waals surface area contributed by atoms with Gasteiger partial charge in [-0.05, 0) is 42.4 Å². The number of likely N-dealkylation sites (tertiary alicyclic amines) is 1. The van der Waals surface area contributed by atoms with Gasteiger partial charge < -0.3 is 14.7 Å². The molecule has 1 amide bonds. The quantitative estimate of drug-likeness (QED) is 0.868. The zero-order chi connectivity index (χ0) is 17.7. The first-order valence-electron chi connectivity index (χ1n) is 8.59. The lowest BCUT2D eigenvalue weighted by atomic mass is 9.88. The number of methoxy groups -OCH3 is 1. The van der Waals surface area contributed by atoms with Gasteiger partial charge in [0.15, 0.2) is 0 Å². The molecule has 1 aliphatic heterocycles. The normalized spacial score (nSPS) is 22.0. The lowest BCUT2D eigenvalue weighted by molar-refractivity contribution is -0.147. The predicted molar refractivity (Wildman–Crippen MR) is 92.1 cm³/mol. The van der Waals surface area contributed by atoms with Crippen LogP contribution < -0.4 is 4.74 Å². The van der Waals surface area contributed by atoms with Crippen LogP contribution in [-0.2, 0) is 9.59 Å². The highest BCUT2D eigenvalue weighted by Crippen LogP contribution is 2.28. The third-order valence-electron chi connectivity index (χ3n) is 4.86. The summed E-state index contributed by atoms with van der Waals surface area (Å²) >= 11 is 0. The summed E-state index contributed by atoms with van der Waals surface area (Å²) in [6, 6.07) is 7.82. The number of carboxylic acids is 1. The summed E-state index contributed by atoms with van der Waals surface area (Å²) in [5, 5.41) is 9.26. The summed E-state index contributed by atoms with van der Waals surface area (Å²) in [6.45, 7) is 5.07. The molecule has 132 valence electrons. The SMILES string of the molecule is CCC(CC(=O)N1CC(C)CC(C(=O)O)C1)c1ccc(OC)cc1. The number of carbonyl (C=O) groups excluding carboxylic acids is 1. The summed E-state index contributed by atoms with van der Waals surface area (Å²) in [7, 11) is 1.63. The molecule has 3 atom stereocenters. The standard InChI is InChI=1S/C19H27NO4/c1-4-14(15-5-7-17(24-3)8-6-15)10-18(21)20-11-13(2)9-16(12-20)19(22)23/h5-8,13-14,16H,4,9-12H2,1-3H3,(H,22,23). The number of rotatable bonds is 6. The Kier molecular flexibility index (Phi) is 6.23. The van der Waals surface area contributed by atoms with Crippen molar-refractivity contribution in [2.24, 2.45) is 11.8 Å². The van der Waals surface area contributed by atoms with E-state index in [1.165, 1.54) is 0 Å². The number of nitrogens with zero attached hydrogens (tertiary/aromatic N) is 1. The monoisotopic (exact) mass is 333 g/mol. The lowest BCUT2D eigenvalue weighted by Crippen LogP contribution is -2.45. The number of piperidine rings is 1. The molecule has 0 bridgehead atoms. The van der Waals surface area contributed by atoms with Gasteiger partial charge in [0.2, 0.25) is 5.91 Å². The van der Waals surface area contributed by atoms with Gasteiger partial charge in [-0.3, -0.25) is 9.59 Å². The third kappa shape index (κ3) is 4.49. The van der Waals surface area contributed by atoms with Crippen molar-refractivity contribution in [3.63, 3.8) is 0 Å². The van der Waals surface area contributed by atoms with Gasteiger partial charge in [0, 0.05) is 19.5 Å². The van der Waals surface area contributed by atoms with Gasteiger partial charge in [-0.2, -0.15) is 0 Å². The molecule has 1 aromatic rings. The fraction of sp³-hybridized carbons (Fsp3) is 0.579. The van der Waals surface area contributed by atoms with Crippen molar-refractivity contribution in [3.05, 3.63) is 29.8 Å². The molecule has 1 heterocycles. The molecule has 0 aliphatic carbocycles. The topological polar surface area (TPSA) is 66.8 Å². The van der Waals surface area contributed by atoms with Gasteiger partial charge in [-0.25, -0.2) is 0 Å². The van der Waals surface area contributed by atoms with Crippen LogP contribution in [0.3, 0.4) is 0 Å². The summed E-state index contributed by atoms with van der Waals surface area (Å²) in [5.41, 5.74) is 1.12. The molecule has 1 aliphatic rings. The molecule has 0 spiro atoms. The van der Waals surface area contributed by atoms with E-state index in [2.05, 4.69) is 6.92 Å². The molecule has 24 heavy (non-hydrogen) atoms. The molecule has 0 saturated carbocycles. The van der Waals surface area contributed by atoms with Gasteiger partial charge in [0.05, 0.1) is 13.0 Å². The smallest absolute Gasteiger partial charge is 0.308 e. The van der Waals surface area contributed by atoms with Gasteiger partial charge in [-0.1, -0.05) is 26.0 Å². The van der Waals surface area contributed by atoms with Crippen LogP contribution in [0.1, 0.15) is 44.6 Å². The second kappa shape index (κ2) is 8.18. The molecule has 1 fully saturated rings. The molecular weight excluding hydrogens is 306 g/mol. The maximum Gasteiger partial charge on any atom is 0.308 e. The number of amides is 1. The second-order valence-electron chi connectivity index (χ2n) is 6.76. The van der Waals surface area contributed by atoms with Crippen molar-refractivity contribution >= 4 is 11.9 Å². The Morgan fingerprint density at radius 3 is 2.50 bits per heavy atom. The molecule has 1 N–H and O–H groups in total. The van der Waals surface area contributed by atoms with Crippen LogP contribution in [-0.4, -0.2) is 42.1 Å². The number of ether oxygens (including phenoxy) is 1. The Balaban J connectivity index is 2.03. The highest BCUT2D eigenvalue weighted by atomic mass is 16.5. The Morgan fingerprint density at radius 2 is 1.96 bits per heavy atom. The molecule has 0 aromatic heterocycles. The van der Waals surface area contributed by atoms with Gasteiger partial charge in [0.25, 0.3) is 0 Å². The first-order valence-corrected chi connectivity index (χ1v) is 8.59. The highest BCUT2D eigenvalue weighted by molar-refractivity contribution is 5.79. The molecule has 5 heteroatoms. The zero-order valence-corrected chi connectivity index (χ0v) is 14.7. The minimum Gasteiger partial charge on any atom is -0.497 e. The van der Waals surface area contributed by atoms with Crippen molar-refractivity contribution in [3.8, 4) is 5.75 Å². The average Bonchev–Trinajstić information content (AvgIpc) is 2.59. The van der Waals surface area contributed by atoms with Crippen LogP contribution >= 0.6 is 0 Å².